The minimum Gasteiger partial charge on any atom is -0.507 e. The lowest BCUT2D eigenvalue weighted by atomic mass is 10.0. The van der Waals surface area contributed by atoms with Gasteiger partial charge < -0.3 is 10.8 Å². The number of thiophene rings is 1. The highest BCUT2D eigenvalue weighted by Crippen LogP contribution is 2.36. The minimum absolute atomic E-state index is 0.128. The number of H-pyrrole nitrogens is 1. The van der Waals surface area contributed by atoms with Crippen molar-refractivity contribution in [2.45, 2.75) is 0 Å². The zero-order valence-electron chi connectivity index (χ0n) is 10.7. The Morgan fingerprint density at radius 3 is 2.95 bits per heavy atom. The third-order valence-electron chi connectivity index (χ3n) is 3.48. The van der Waals surface area contributed by atoms with Crippen molar-refractivity contribution >= 4 is 33.6 Å². The number of anilines is 1. The maximum atomic E-state index is 11.9. The van der Waals surface area contributed by atoms with Crippen LogP contribution < -0.4 is 11.4 Å². The van der Waals surface area contributed by atoms with Crippen LogP contribution >= 0.6 is 11.3 Å². The number of phenolic OH excluding ortho intramolecular Hbond substituents is 1. The summed E-state index contributed by atoms with van der Waals surface area (Å²) in [6.45, 7) is 0. The Kier molecular flexibility index (Phi) is 2.34. The van der Waals surface area contributed by atoms with Gasteiger partial charge in [-0.05, 0) is 34.5 Å². The summed E-state index contributed by atoms with van der Waals surface area (Å²) in [5.74, 6) is 0.128. The summed E-state index contributed by atoms with van der Waals surface area (Å²) in [7, 11) is 0. The van der Waals surface area contributed by atoms with E-state index in [2.05, 4.69) is 10.2 Å². The molecule has 0 saturated heterocycles. The van der Waals surface area contributed by atoms with Gasteiger partial charge in [-0.15, -0.1) is 0 Å². The molecular formula is C14H10N4O2S. The summed E-state index contributed by atoms with van der Waals surface area (Å²) in [6, 6.07) is 6.85. The van der Waals surface area contributed by atoms with E-state index >= 15 is 0 Å². The maximum Gasteiger partial charge on any atom is 0.348 e. The average Bonchev–Trinajstić information content (AvgIpc) is 3.09. The van der Waals surface area contributed by atoms with Gasteiger partial charge in [0.25, 0.3) is 0 Å². The normalized spacial score (nSPS) is 11.4. The molecule has 3 aromatic heterocycles. The number of nitrogens with one attached hydrogen (secondary N) is 1. The minimum atomic E-state index is -0.336. The molecule has 0 amide bonds. The largest absolute Gasteiger partial charge is 0.507 e. The second kappa shape index (κ2) is 4.10. The van der Waals surface area contributed by atoms with E-state index in [0.717, 1.165) is 5.56 Å². The zero-order valence-corrected chi connectivity index (χ0v) is 11.5. The molecule has 1 aromatic carbocycles. The summed E-state index contributed by atoms with van der Waals surface area (Å²) < 4.78 is 1.45. The Bertz CT molecular complexity index is 1030. The fourth-order valence-corrected chi connectivity index (χ4v) is 3.15. The summed E-state index contributed by atoms with van der Waals surface area (Å²) in [4.78, 5) is 11.9. The molecule has 0 atom stereocenters. The number of benzene rings is 1. The van der Waals surface area contributed by atoms with Crippen LogP contribution in [0.3, 0.4) is 0 Å². The van der Waals surface area contributed by atoms with Crippen molar-refractivity contribution in [3.63, 3.8) is 0 Å². The molecule has 4 aromatic rings. The van der Waals surface area contributed by atoms with Gasteiger partial charge in [0.1, 0.15) is 5.75 Å². The highest BCUT2D eigenvalue weighted by Gasteiger charge is 2.13. The van der Waals surface area contributed by atoms with Gasteiger partial charge in [0, 0.05) is 22.7 Å². The van der Waals surface area contributed by atoms with Gasteiger partial charge in [0.2, 0.25) is 0 Å². The maximum absolute atomic E-state index is 11.9. The van der Waals surface area contributed by atoms with Crippen LogP contribution in [0, 0.1) is 0 Å². The molecule has 0 spiro atoms. The number of phenols is 1. The van der Waals surface area contributed by atoms with E-state index in [-0.39, 0.29) is 11.4 Å². The van der Waals surface area contributed by atoms with Crippen molar-refractivity contribution in [3.05, 3.63) is 45.5 Å². The molecule has 0 aliphatic carbocycles. The second-order valence-corrected chi connectivity index (χ2v) is 5.50. The third-order valence-corrected chi connectivity index (χ3v) is 4.16. The number of nitrogen functional groups attached to an aromatic ring is 1. The molecule has 6 nitrogen and oxygen atoms in total. The number of rotatable bonds is 1. The first-order chi connectivity index (χ1) is 10.1. The Balaban J connectivity index is 2.21. The number of hydrogen-bond donors (Lipinski definition) is 3. The molecule has 0 bridgehead atoms. The SMILES string of the molecule is Nc1cc2n[nH]c(=O)n2c2cc(-c3ccsc3)c(O)cc12. The van der Waals surface area contributed by atoms with Crippen molar-refractivity contribution in [1.29, 1.82) is 0 Å². The fraction of sp³-hybridized carbons (Fsp3) is 0. The Hall–Kier alpha value is -2.80. The summed E-state index contributed by atoms with van der Waals surface area (Å²) >= 11 is 1.54. The molecule has 4 rings (SSSR count). The molecule has 0 unspecified atom stereocenters. The Morgan fingerprint density at radius 2 is 2.19 bits per heavy atom. The van der Waals surface area contributed by atoms with Crippen LogP contribution in [0.15, 0.2) is 39.8 Å². The van der Waals surface area contributed by atoms with Crippen molar-refractivity contribution in [2.75, 3.05) is 5.73 Å². The van der Waals surface area contributed by atoms with Crippen LogP contribution in [-0.4, -0.2) is 19.7 Å². The van der Waals surface area contributed by atoms with Crippen molar-refractivity contribution in [1.82, 2.24) is 14.6 Å². The molecule has 0 radical (unpaired) electrons. The lowest BCUT2D eigenvalue weighted by Crippen LogP contribution is -2.10. The van der Waals surface area contributed by atoms with Crippen molar-refractivity contribution in [3.8, 4) is 16.9 Å². The molecule has 0 saturated carbocycles. The molecule has 104 valence electrons. The monoisotopic (exact) mass is 298 g/mol. The quantitative estimate of drug-likeness (QED) is 0.502. The third kappa shape index (κ3) is 1.64. The van der Waals surface area contributed by atoms with E-state index < -0.39 is 0 Å². The fourth-order valence-electron chi connectivity index (χ4n) is 2.50. The Morgan fingerprint density at radius 1 is 1.33 bits per heavy atom. The number of hydrogen-bond acceptors (Lipinski definition) is 5. The van der Waals surface area contributed by atoms with Gasteiger partial charge in [-0.2, -0.15) is 16.4 Å². The molecule has 0 fully saturated rings. The van der Waals surface area contributed by atoms with Crippen molar-refractivity contribution in [2.24, 2.45) is 0 Å². The lowest BCUT2D eigenvalue weighted by Gasteiger charge is -2.09. The first-order valence-electron chi connectivity index (χ1n) is 6.20. The van der Waals surface area contributed by atoms with Gasteiger partial charge in [0.15, 0.2) is 5.65 Å². The molecule has 4 N–H and O–H groups in total. The average molecular weight is 298 g/mol. The van der Waals surface area contributed by atoms with Gasteiger partial charge in [-0.25, -0.2) is 14.3 Å². The highest BCUT2D eigenvalue weighted by atomic mass is 32.1. The number of aromatic nitrogens is 3. The molecule has 0 aliphatic rings. The topological polar surface area (TPSA) is 96.4 Å². The summed E-state index contributed by atoms with van der Waals surface area (Å²) in [5, 5.41) is 21.0. The number of nitrogens with zero attached hydrogens (tertiary/aromatic N) is 2. The van der Waals surface area contributed by atoms with Crippen LogP contribution in [0.25, 0.3) is 27.7 Å². The van der Waals surface area contributed by atoms with Crippen LogP contribution in [0.5, 0.6) is 5.75 Å². The molecule has 0 aliphatic heterocycles. The van der Waals surface area contributed by atoms with E-state index in [1.54, 1.807) is 18.2 Å². The predicted octanol–water partition coefficient (Wildman–Crippen LogP) is 2.19. The Labute approximate surface area is 122 Å². The lowest BCUT2D eigenvalue weighted by molar-refractivity contribution is 0.478. The van der Waals surface area contributed by atoms with E-state index in [0.29, 0.717) is 27.8 Å². The van der Waals surface area contributed by atoms with E-state index in [4.69, 9.17) is 5.73 Å². The molecule has 21 heavy (non-hydrogen) atoms. The van der Waals surface area contributed by atoms with E-state index in [9.17, 15) is 9.90 Å². The van der Waals surface area contributed by atoms with Crippen LogP contribution in [0.2, 0.25) is 0 Å². The number of aromatic hydroxyl groups is 1. The first-order valence-corrected chi connectivity index (χ1v) is 7.14. The highest BCUT2D eigenvalue weighted by molar-refractivity contribution is 7.08. The van der Waals surface area contributed by atoms with E-state index in [1.807, 2.05) is 16.8 Å². The van der Waals surface area contributed by atoms with Crippen LogP contribution in [0.4, 0.5) is 5.69 Å². The summed E-state index contributed by atoms with van der Waals surface area (Å²) in [6.07, 6.45) is 0. The van der Waals surface area contributed by atoms with Gasteiger partial charge >= 0.3 is 5.69 Å². The van der Waals surface area contributed by atoms with Crippen LogP contribution in [0.1, 0.15) is 0 Å². The summed E-state index contributed by atoms with van der Waals surface area (Å²) in [5.41, 5.74) is 8.73. The number of fused-ring (bicyclic) bond motifs is 3. The number of pyridine rings is 1. The molecular weight excluding hydrogens is 288 g/mol. The van der Waals surface area contributed by atoms with Gasteiger partial charge in [0.05, 0.1) is 5.52 Å². The smallest absolute Gasteiger partial charge is 0.348 e. The first kappa shape index (κ1) is 12.0. The van der Waals surface area contributed by atoms with Crippen molar-refractivity contribution < 1.29 is 5.11 Å². The molecule has 3 heterocycles. The standard InChI is InChI=1S/C14H10N4O2S/c15-10-5-13-16-17-14(20)18(13)11-3-8(7-1-2-21-6-7)12(19)4-9(10)11/h1-6,19H,15H2,(H,17,20). The number of nitrogens with two attached hydrogens (primary N) is 1. The zero-order chi connectivity index (χ0) is 14.6. The van der Waals surface area contributed by atoms with E-state index in [1.165, 1.54) is 15.7 Å². The molecule has 7 heteroatoms. The number of aromatic amines is 1. The predicted molar refractivity (Wildman–Crippen MR) is 82.7 cm³/mol. The van der Waals surface area contributed by atoms with Crippen LogP contribution in [-0.2, 0) is 0 Å². The second-order valence-electron chi connectivity index (χ2n) is 4.72. The van der Waals surface area contributed by atoms with Gasteiger partial charge in [-0.3, -0.25) is 0 Å². The van der Waals surface area contributed by atoms with Gasteiger partial charge in [-0.1, -0.05) is 0 Å².